The van der Waals surface area contributed by atoms with Gasteiger partial charge in [0.2, 0.25) is 0 Å². The second kappa shape index (κ2) is 7.05. The molecule has 2 aliphatic carbocycles. The van der Waals surface area contributed by atoms with Crippen LogP contribution in [0, 0.1) is 6.92 Å². The molecule has 0 amide bonds. The van der Waals surface area contributed by atoms with Crippen LogP contribution in [-0.2, 0) is 12.8 Å². The Hall–Kier alpha value is -3.90. The van der Waals surface area contributed by atoms with Crippen molar-refractivity contribution in [3.63, 3.8) is 0 Å². The van der Waals surface area contributed by atoms with E-state index >= 15 is 0 Å². The third-order valence-electron chi connectivity index (χ3n) is 7.53. The topological polar surface area (TPSA) is 0 Å². The lowest BCUT2D eigenvalue weighted by atomic mass is 9.89. The van der Waals surface area contributed by atoms with Gasteiger partial charge in [0.1, 0.15) is 0 Å². The van der Waals surface area contributed by atoms with E-state index in [0.29, 0.717) is 0 Å². The van der Waals surface area contributed by atoms with Gasteiger partial charge in [-0.2, -0.15) is 0 Å². The lowest BCUT2D eigenvalue weighted by molar-refractivity contribution is 1.25. The Labute approximate surface area is 195 Å². The first-order valence-electron chi connectivity index (χ1n) is 11.8. The molecule has 0 saturated carbocycles. The predicted molar refractivity (Wildman–Crippen MR) is 139 cm³/mol. The molecule has 0 heterocycles. The Balaban J connectivity index is 1.32. The summed E-state index contributed by atoms with van der Waals surface area (Å²) in [6.07, 6.45) is 2.04. The normalized spacial score (nSPS) is 12.8. The van der Waals surface area contributed by atoms with Crippen molar-refractivity contribution in [2.24, 2.45) is 0 Å². The van der Waals surface area contributed by atoms with Gasteiger partial charge in [-0.05, 0) is 92.1 Å². The molecule has 5 aromatic rings. The Kier molecular flexibility index (Phi) is 3.98. The fraction of sp³-hybridized carbons (Fsp3) is 0.0909. The summed E-state index contributed by atoms with van der Waals surface area (Å²) in [5, 5.41) is 0. The summed E-state index contributed by atoms with van der Waals surface area (Å²) in [5.41, 5.74) is 18.1. The van der Waals surface area contributed by atoms with Gasteiger partial charge < -0.3 is 0 Å². The molecule has 0 saturated heterocycles. The molecule has 0 atom stereocenters. The van der Waals surface area contributed by atoms with Gasteiger partial charge in [-0.15, -0.1) is 0 Å². The van der Waals surface area contributed by atoms with Crippen LogP contribution >= 0.6 is 0 Å². The number of aryl methyl sites for hydroxylation is 1. The molecule has 0 unspecified atom stereocenters. The SMILES string of the molecule is Cc1cc(-c2cccc3c2Cc2ccccc2-3)ccc1-c1cccc2c1Cc1ccccc1-2. The van der Waals surface area contributed by atoms with Crippen molar-refractivity contribution in [3.8, 4) is 44.5 Å². The first kappa shape index (κ1) is 18.7. The molecule has 0 aliphatic heterocycles. The third kappa shape index (κ3) is 2.77. The highest BCUT2D eigenvalue weighted by Crippen LogP contribution is 2.44. The van der Waals surface area contributed by atoms with E-state index in [1.165, 1.54) is 72.3 Å². The summed E-state index contributed by atoms with van der Waals surface area (Å²) in [4.78, 5) is 0. The molecule has 5 aromatic carbocycles. The maximum atomic E-state index is 2.38. The van der Waals surface area contributed by atoms with Gasteiger partial charge in [0, 0.05) is 0 Å². The number of hydrogen-bond acceptors (Lipinski definition) is 0. The number of hydrogen-bond donors (Lipinski definition) is 0. The summed E-state index contributed by atoms with van der Waals surface area (Å²) < 4.78 is 0. The van der Waals surface area contributed by atoms with E-state index in [2.05, 4.69) is 110 Å². The minimum absolute atomic E-state index is 1.02. The standard InChI is InChI=1S/C33H24/c1-21-18-24(28-12-6-14-30-26-10-4-2-8-22(26)19-32(28)30)16-17-25(21)29-13-7-15-31-27-11-5-3-9-23(27)20-33(29)31/h2-18H,19-20H2,1H3. The van der Waals surface area contributed by atoms with Crippen molar-refractivity contribution in [2.75, 3.05) is 0 Å². The van der Waals surface area contributed by atoms with Crippen LogP contribution in [0.5, 0.6) is 0 Å². The van der Waals surface area contributed by atoms with Gasteiger partial charge in [-0.3, -0.25) is 0 Å². The van der Waals surface area contributed by atoms with Gasteiger partial charge >= 0.3 is 0 Å². The molecular weight excluding hydrogens is 396 g/mol. The number of benzene rings is 5. The fourth-order valence-electron chi connectivity index (χ4n) is 5.97. The van der Waals surface area contributed by atoms with E-state index in [-0.39, 0.29) is 0 Å². The zero-order valence-corrected chi connectivity index (χ0v) is 18.7. The van der Waals surface area contributed by atoms with E-state index in [9.17, 15) is 0 Å². The first-order chi connectivity index (χ1) is 16.3. The van der Waals surface area contributed by atoms with Crippen molar-refractivity contribution in [3.05, 3.63) is 131 Å². The molecule has 156 valence electrons. The van der Waals surface area contributed by atoms with E-state index in [4.69, 9.17) is 0 Å². The molecule has 0 fully saturated rings. The van der Waals surface area contributed by atoms with Crippen LogP contribution in [0.2, 0.25) is 0 Å². The highest BCUT2D eigenvalue weighted by atomic mass is 14.3. The maximum Gasteiger partial charge on any atom is -0.000728 e. The second-order valence-corrected chi connectivity index (χ2v) is 9.36. The fourth-order valence-corrected chi connectivity index (χ4v) is 5.97. The molecule has 0 N–H and O–H groups in total. The highest BCUT2D eigenvalue weighted by Gasteiger charge is 2.23. The minimum Gasteiger partial charge on any atom is -0.0619 e. The van der Waals surface area contributed by atoms with E-state index in [0.717, 1.165) is 12.8 Å². The summed E-state index contributed by atoms with van der Waals surface area (Å²) in [6, 6.07) is 38.3. The quantitative estimate of drug-likeness (QED) is 0.263. The Morgan fingerprint density at radius 3 is 1.52 bits per heavy atom. The summed E-state index contributed by atoms with van der Waals surface area (Å²) in [5.74, 6) is 0. The lowest BCUT2D eigenvalue weighted by Gasteiger charge is -2.15. The van der Waals surface area contributed by atoms with Crippen LogP contribution in [0.3, 0.4) is 0 Å². The predicted octanol–water partition coefficient (Wildman–Crippen LogP) is 8.47. The van der Waals surface area contributed by atoms with Crippen LogP contribution in [-0.4, -0.2) is 0 Å². The molecule has 0 radical (unpaired) electrons. The average Bonchev–Trinajstić information content (AvgIpc) is 3.42. The van der Waals surface area contributed by atoms with E-state index < -0.39 is 0 Å². The molecule has 0 aromatic heterocycles. The maximum absolute atomic E-state index is 2.38. The van der Waals surface area contributed by atoms with Gasteiger partial charge in [-0.25, -0.2) is 0 Å². The Morgan fingerprint density at radius 2 is 0.909 bits per heavy atom. The third-order valence-corrected chi connectivity index (χ3v) is 7.53. The molecule has 0 heteroatoms. The van der Waals surface area contributed by atoms with Crippen LogP contribution in [0.4, 0.5) is 0 Å². The van der Waals surface area contributed by atoms with E-state index in [1.807, 2.05) is 0 Å². The van der Waals surface area contributed by atoms with Gasteiger partial charge in [0.15, 0.2) is 0 Å². The van der Waals surface area contributed by atoms with Crippen molar-refractivity contribution >= 4 is 0 Å². The average molecular weight is 421 g/mol. The monoisotopic (exact) mass is 420 g/mol. The molecule has 0 spiro atoms. The van der Waals surface area contributed by atoms with Crippen molar-refractivity contribution in [1.82, 2.24) is 0 Å². The van der Waals surface area contributed by atoms with Gasteiger partial charge in [-0.1, -0.05) is 103 Å². The summed E-state index contributed by atoms with van der Waals surface area (Å²) in [7, 11) is 0. The molecule has 2 aliphatic rings. The first-order valence-corrected chi connectivity index (χ1v) is 11.8. The largest absolute Gasteiger partial charge is 0.0619 e. The van der Waals surface area contributed by atoms with Crippen molar-refractivity contribution in [1.29, 1.82) is 0 Å². The minimum atomic E-state index is 1.02. The zero-order valence-electron chi connectivity index (χ0n) is 18.7. The summed E-state index contributed by atoms with van der Waals surface area (Å²) >= 11 is 0. The van der Waals surface area contributed by atoms with E-state index in [1.54, 1.807) is 0 Å². The molecule has 33 heavy (non-hydrogen) atoms. The van der Waals surface area contributed by atoms with Crippen molar-refractivity contribution < 1.29 is 0 Å². The smallest absolute Gasteiger partial charge is 0.000728 e. The zero-order chi connectivity index (χ0) is 21.9. The molecular formula is C33H24. The van der Waals surface area contributed by atoms with Crippen LogP contribution in [0.1, 0.15) is 27.8 Å². The lowest BCUT2D eigenvalue weighted by Crippen LogP contribution is -1.93. The number of fused-ring (bicyclic) bond motifs is 6. The molecule has 0 nitrogen and oxygen atoms in total. The second-order valence-electron chi connectivity index (χ2n) is 9.36. The van der Waals surface area contributed by atoms with Gasteiger partial charge in [0.05, 0.1) is 0 Å². The van der Waals surface area contributed by atoms with Gasteiger partial charge in [0.25, 0.3) is 0 Å². The van der Waals surface area contributed by atoms with Crippen LogP contribution in [0.25, 0.3) is 44.5 Å². The summed E-state index contributed by atoms with van der Waals surface area (Å²) in [6.45, 7) is 2.26. The Morgan fingerprint density at radius 1 is 0.424 bits per heavy atom. The highest BCUT2D eigenvalue weighted by molar-refractivity contribution is 5.88. The molecule has 7 rings (SSSR count). The molecule has 0 bridgehead atoms. The van der Waals surface area contributed by atoms with Crippen LogP contribution in [0.15, 0.2) is 103 Å². The Bertz CT molecular complexity index is 1570. The van der Waals surface area contributed by atoms with Crippen molar-refractivity contribution in [2.45, 2.75) is 19.8 Å². The van der Waals surface area contributed by atoms with Crippen LogP contribution < -0.4 is 0 Å². The number of rotatable bonds is 2.